The van der Waals surface area contributed by atoms with Crippen LogP contribution in [0.25, 0.3) is 0 Å². The summed E-state index contributed by atoms with van der Waals surface area (Å²) >= 11 is 3.16. The molecule has 0 amide bonds. The van der Waals surface area contributed by atoms with Crippen LogP contribution in [-0.4, -0.2) is 38.9 Å². The van der Waals surface area contributed by atoms with E-state index in [1.54, 1.807) is 0 Å². The van der Waals surface area contributed by atoms with Crippen molar-refractivity contribution in [3.05, 3.63) is 28.5 Å². The number of hydrogen-bond acceptors (Lipinski definition) is 3. The van der Waals surface area contributed by atoms with E-state index in [1.807, 2.05) is 0 Å². The number of nitrogens with one attached hydrogen (secondary N) is 1. The average molecular weight is 374 g/mol. The lowest BCUT2D eigenvalue weighted by atomic mass is 10.3. The van der Waals surface area contributed by atoms with E-state index in [0.29, 0.717) is 11.0 Å². The molecule has 0 aromatic heterocycles. The van der Waals surface area contributed by atoms with Crippen LogP contribution in [0, 0.1) is 5.82 Å². The summed E-state index contributed by atoms with van der Waals surface area (Å²) in [6.07, 6.45) is 0.767. The van der Waals surface area contributed by atoms with Crippen LogP contribution in [0.4, 0.5) is 4.39 Å². The zero-order valence-electron chi connectivity index (χ0n) is 10.3. The smallest absolute Gasteiger partial charge is 0.244 e. The summed E-state index contributed by atoms with van der Waals surface area (Å²) in [5.41, 5.74) is 0. The second-order valence-corrected chi connectivity index (χ2v) is 7.06. The largest absolute Gasteiger partial charge is 0.315 e. The second-order valence-electron chi connectivity index (χ2n) is 4.24. The Morgan fingerprint density at radius 1 is 1.47 bits per heavy atom. The third-order valence-corrected chi connectivity index (χ3v) is 6.00. The highest BCUT2D eigenvalue weighted by Gasteiger charge is 2.31. The summed E-state index contributed by atoms with van der Waals surface area (Å²) in [6.45, 7) is 1.43. The van der Waals surface area contributed by atoms with E-state index in [1.165, 1.54) is 23.5 Å². The Labute approximate surface area is 127 Å². The number of likely N-dealkylation sites (N-methyl/N-ethyl adjacent to an activating group) is 1. The lowest BCUT2D eigenvalue weighted by molar-refractivity contribution is 0.387. The van der Waals surface area contributed by atoms with Gasteiger partial charge in [-0.15, -0.1) is 12.4 Å². The lowest BCUT2D eigenvalue weighted by Gasteiger charge is -2.23. The minimum atomic E-state index is -3.67. The fourth-order valence-corrected chi connectivity index (χ4v) is 4.30. The molecule has 8 heteroatoms. The standard InChI is InChI=1S/C11H14BrFN2O2S.ClH/c1-15(9-4-5-14-7-9)18(16,17)11-6-8(13)2-3-10(11)12;/h2-3,6,9,14H,4-5,7H2,1H3;1H. The Morgan fingerprint density at radius 2 is 2.16 bits per heavy atom. The molecule has 2 rings (SSSR count). The predicted octanol–water partition coefficient (Wildman–Crippen LogP) is 1.99. The first kappa shape index (κ1) is 16.8. The molecule has 1 N–H and O–H groups in total. The summed E-state index contributed by atoms with van der Waals surface area (Å²) in [5, 5.41) is 3.11. The van der Waals surface area contributed by atoms with E-state index in [2.05, 4.69) is 21.2 Å². The highest BCUT2D eigenvalue weighted by Crippen LogP contribution is 2.27. The quantitative estimate of drug-likeness (QED) is 0.881. The van der Waals surface area contributed by atoms with Crippen LogP contribution >= 0.6 is 28.3 Å². The van der Waals surface area contributed by atoms with E-state index in [9.17, 15) is 12.8 Å². The Kier molecular flexibility index (Phi) is 5.76. The molecule has 0 radical (unpaired) electrons. The van der Waals surface area contributed by atoms with Gasteiger partial charge in [0.1, 0.15) is 5.82 Å². The molecule has 1 atom stereocenters. The minimum Gasteiger partial charge on any atom is -0.315 e. The molecule has 1 fully saturated rings. The molecule has 0 aliphatic carbocycles. The lowest BCUT2D eigenvalue weighted by Crippen LogP contribution is -2.38. The van der Waals surface area contributed by atoms with Crippen molar-refractivity contribution in [3.63, 3.8) is 0 Å². The predicted molar refractivity (Wildman–Crippen MR) is 77.6 cm³/mol. The van der Waals surface area contributed by atoms with Gasteiger partial charge < -0.3 is 5.32 Å². The van der Waals surface area contributed by atoms with E-state index in [4.69, 9.17) is 0 Å². The van der Waals surface area contributed by atoms with Gasteiger partial charge in [-0.25, -0.2) is 12.8 Å². The molecule has 4 nitrogen and oxygen atoms in total. The van der Waals surface area contributed by atoms with Crippen molar-refractivity contribution in [2.24, 2.45) is 0 Å². The van der Waals surface area contributed by atoms with Crippen molar-refractivity contribution in [1.82, 2.24) is 9.62 Å². The van der Waals surface area contributed by atoms with Crippen LogP contribution in [0.3, 0.4) is 0 Å². The number of nitrogens with zero attached hydrogens (tertiary/aromatic N) is 1. The molecule has 1 aromatic carbocycles. The molecule has 0 saturated carbocycles. The van der Waals surface area contributed by atoms with E-state index >= 15 is 0 Å². The van der Waals surface area contributed by atoms with Gasteiger partial charge in [-0.2, -0.15) is 4.31 Å². The molecule has 0 bridgehead atoms. The maximum atomic E-state index is 13.2. The average Bonchev–Trinajstić information content (AvgIpc) is 2.84. The van der Waals surface area contributed by atoms with Crippen LogP contribution in [-0.2, 0) is 10.0 Å². The Bertz CT molecular complexity index is 550. The minimum absolute atomic E-state index is 0. The Balaban J connectivity index is 0.00000180. The van der Waals surface area contributed by atoms with Gasteiger partial charge in [-0.05, 0) is 47.1 Å². The number of sulfonamides is 1. The molecule has 1 heterocycles. The van der Waals surface area contributed by atoms with Crippen molar-refractivity contribution in [3.8, 4) is 0 Å². The number of halogens is 3. The van der Waals surface area contributed by atoms with Gasteiger partial charge in [0.05, 0.1) is 4.90 Å². The molecular weight excluding hydrogens is 359 g/mol. The van der Waals surface area contributed by atoms with Crippen molar-refractivity contribution < 1.29 is 12.8 Å². The molecule has 1 saturated heterocycles. The van der Waals surface area contributed by atoms with Gasteiger partial charge in [0, 0.05) is 24.1 Å². The Morgan fingerprint density at radius 3 is 2.74 bits per heavy atom. The van der Waals surface area contributed by atoms with Gasteiger partial charge >= 0.3 is 0 Å². The van der Waals surface area contributed by atoms with Crippen molar-refractivity contribution >= 4 is 38.4 Å². The molecule has 0 spiro atoms. The monoisotopic (exact) mass is 372 g/mol. The zero-order chi connectivity index (χ0) is 13.3. The fraction of sp³-hybridized carbons (Fsp3) is 0.455. The van der Waals surface area contributed by atoms with Crippen LogP contribution in [0.15, 0.2) is 27.6 Å². The molecule has 1 aromatic rings. The van der Waals surface area contributed by atoms with Crippen molar-refractivity contribution in [2.45, 2.75) is 17.4 Å². The van der Waals surface area contributed by atoms with Crippen molar-refractivity contribution in [2.75, 3.05) is 20.1 Å². The SMILES string of the molecule is CN(C1CCNC1)S(=O)(=O)c1cc(F)ccc1Br.Cl. The zero-order valence-corrected chi connectivity index (χ0v) is 13.5. The first-order valence-corrected chi connectivity index (χ1v) is 7.80. The topological polar surface area (TPSA) is 49.4 Å². The number of benzene rings is 1. The molecule has 1 aliphatic rings. The van der Waals surface area contributed by atoms with E-state index in [0.717, 1.165) is 19.0 Å². The van der Waals surface area contributed by atoms with Crippen LogP contribution in [0.1, 0.15) is 6.42 Å². The van der Waals surface area contributed by atoms with Gasteiger partial charge in [0.2, 0.25) is 10.0 Å². The van der Waals surface area contributed by atoms with E-state index < -0.39 is 15.8 Å². The number of rotatable bonds is 3. The third-order valence-electron chi connectivity index (χ3n) is 3.10. The molecule has 1 aliphatic heterocycles. The molecular formula is C11H15BrClFN2O2S. The van der Waals surface area contributed by atoms with Crippen LogP contribution in [0.2, 0.25) is 0 Å². The summed E-state index contributed by atoms with van der Waals surface area (Å²) in [7, 11) is -2.14. The first-order valence-electron chi connectivity index (χ1n) is 5.57. The molecule has 108 valence electrons. The van der Waals surface area contributed by atoms with Gasteiger partial charge in [-0.3, -0.25) is 0 Å². The van der Waals surface area contributed by atoms with Crippen LogP contribution < -0.4 is 5.32 Å². The van der Waals surface area contributed by atoms with Gasteiger partial charge in [0.25, 0.3) is 0 Å². The van der Waals surface area contributed by atoms with E-state index in [-0.39, 0.29) is 23.3 Å². The normalized spacial score (nSPS) is 19.5. The molecule has 19 heavy (non-hydrogen) atoms. The highest BCUT2D eigenvalue weighted by atomic mass is 79.9. The van der Waals surface area contributed by atoms with Crippen molar-refractivity contribution in [1.29, 1.82) is 0 Å². The third kappa shape index (κ3) is 3.46. The summed E-state index contributed by atoms with van der Waals surface area (Å²) in [5.74, 6) is -0.560. The second kappa shape index (κ2) is 6.49. The maximum Gasteiger partial charge on any atom is 0.244 e. The highest BCUT2D eigenvalue weighted by molar-refractivity contribution is 9.10. The van der Waals surface area contributed by atoms with Gasteiger partial charge in [0.15, 0.2) is 0 Å². The number of hydrogen-bond donors (Lipinski definition) is 1. The summed E-state index contributed by atoms with van der Waals surface area (Å²) in [4.78, 5) is -0.0306. The first-order chi connectivity index (χ1) is 8.43. The molecule has 1 unspecified atom stereocenters. The maximum absolute atomic E-state index is 13.2. The van der Waals surface area contributed by atoms with Gasteiger partial charge in [-0.1, -0.05) is 0 Å². The summed E-state index contributed by atoms with van der Waals surface area (Å²) in [6, 6.07) is 3.59. The fourth-order valence-electron chi connectivity index (χ4n) is 1.98. The Hall–Kier alpha value is -0.210. The van der Waals surface area contributed by atoms with Crippen LogP contribution in [0.5, 0.6) is 0 Å². The summed E-state index contributed by atoms with van der Waals surface area (Å²) < 4.78 is 39.7.